The van der Waals surface area contributed by atoms with Crippen molar-refractivity contribution in [3.63, 3.8) is 0 Å². The Labute approximate surface area is 315 Å². The van der Waals surface area contributed by atoms with Crippen LogP contribution in [0.5, 0.6) is 0 Å². The SMILES string of the molecule is C/C(O)=C/N1[CH-]N(C)c2ccccc21.Cc1c(-c2ccc(CC(C)(C)C)cc2)sc2c(-c3[c-]c4ccccc4c(C(C)(C)C)c3)nccc12.[Ir]. The number of pyridine rings is 1. The van der Waals surface area contributed by atoms with Crippen LogP contribution >= 0.6 is 11.3 Å². The number of hydrogen-bond acceptors (Lipinski definition) is 5. The van der Waals surface area contributed by atoms with Crippen molar-refractivity contribution in [2.45, 2.75) is 67.2 Å². The standard InChI is InChI=1S/C33H34NS.C11H13N2O.Ir/c1-21-26-16-17-34-29(25-18-24-10-8-9-11-27(24)28(19-25)33(5,6)7)31(26)35-30(21)23-14-12-22(13-15-23)20-32(2,3)4;1-9(14)7-13-8-12(2)10-5-3-4-6-11(10)13;/h8-17,19H,20H2,1-7H3;3-8,14H,1-2H3;/q2*-1;/b;9-7-;. The number of thiophene rings is 1. The van der Waals surface area contributed by atoms with Crippen molar-refractivity contribution in [1.29, 1.82) is 0 Å². The van der Waals surface area contributed by atoms with Gasteiger partial charge in [0.15, 0.2) is 0 Å². The molecule has 1 aliphatic rings. The number of fused-ring (bicyclic) bond motifs is 3. The minimum absolute atomic E-state index is 0. The van der Waals surface area contributed by atoms with Crippen LogP contribution in [0.25, 0.3) is 42.6 Å². The summed E-state index contributed by atoms with van der Waals surface area (Å²) in [5.74, 6) is 0.298. The first-order valence-electron chi connectivity index (χ1n) is 17.0. The molecular weight excluding hydrogens is 811 g/mol. The summed E-state index contributed by atoms with van der Waals surface area (Å²) in [5.41, 5.74) is 10.00. The molecule has 261 valence electrons. The minimum atomic E-state index is 0. The number of nitrogens with zero attached hydrogens (tertiary/aromatic N) is 3. The molecule has 2 aromatic heterocycles. The van der Waals surface area contributed by atoms with E-state index in [9.17, 15) is 5.11 Å². The summed E-state index contributed by atoms with van der Waals surface area (Å²) >= 11 is 1.85. The third kappa shape index (κ3) is 7.99. The molecule has 4 aromatic carbocycles. The zero-order valence-corrected chi connectivity index (χ0v) is 33.8. The first-order valence-corrected chi connectivity index (χ1v) is 17.8. The van der Waals surface area contributed by atoms with Crippen molar-refractivity contribution < 1.29 is 25.2 Å². The summed E-state index contributed by atoms with van der Waals surface area (Å²) in [6.07, 6.45) is 4.73. The van der Waals surface area contributed by atoms with Crippen molar-refractivity contribution in [3.05, 3.63) is 133 Å². The molecule has 0 saturated carbocycles. The normalized spacial score (nSPS) is 13.3. The molecule has 1 aliphatic heterocycles. The predicted molar refractivity (Wildman–Crippen MR) is 211 cm³/mol. The number of aryl methyl sites for hydroxylation is 1. The molecule has 0 spiro atoms. The summed E-state index contributed by atoms with van der Waals surface area (Å²) in [7, 11) is 1.99. The Morgan fingerprint density at radius 1 is 0.900 bits per heavy atom. The van der Waals surface area contributed by atoms with Gasteiger partial charge in [0.1, 0.15) is 5.76 Å². The van der Waals surface area contributed by atoms with E-state index < -0.39 is 0 Å². The topological polar surface area (TPSA) is 39.6 Å². The number of hydrogen-bond donors (Lipinski definition) is 1. The molecule has 50 heavy (non-hydrogen) atoms. The van der Waals surface area contributed by atoms with Crippen LogP contribution in [0, 0.1) is 25.1 Å². The largest absolute Gasteiger partial charge is 0.511 e. The molecule has 0 saturated heterocycles. The Bertz CT molecular complexity index is 2150. The maximum atomic E-state index is 9.21. The van der Waals surface area contributed by atoms with Crippen molar-refractivity contribution >= 4 is 43.6 Å². The summed E-state index contributed by atoms with van der Waals surface area (Å²) in [4.78, 5) is 10.1. The average Bonchev–Trinajstić information content (AvgIpc) is 3.55. The van der Waals surface area contributed by atoms with Gasteiger partial charge in [-0.1, -0.05) is 107 Å². The fourth-order valence-electron chi connectivity index (χ4n) is 6.58. The Hall–Kier alpha value is -3.96. The molecule has 6 heteroatoms. The molecule has 1 N–H and O–H groups in total. The summed E-state index contributed by atoms with van der Waals surface area (Å²) in [6.45, 7) is 19.6. The van der Waals surface area contributed by atoms with Gasteiger partial charge in [-0.3, -0.25) is 4.98 Å². The maximum Gasteiger partial charge on any atom is 0.103 e. The van der Waals surface area contributed by atoms with E-state index in [2.05, 4.69) is 115 Å². The van der Waals surface area contributed by atoms with Crippen LogP contribution in [0.4, 0.5) is 11.4 Å². The van der Waals surface area contributed by atoms with E-state index >= 15 is 0 Å². The van der Waals surface area contributed by atoms with E-state index in [4.69, 9.17) is 4.98 Å². The van der Waals surface area contributed by atoms with E-state index in [1.54, 1.807) is 13.1 Å². The second-order valence-electron chi connectivity index (χ2n) is 15.3. The molecule has 1 radical (unpaired) electrons. The molecule has 0 amide bonds. The van der Waals surface area contributed by atoms with Crippen molar-refractivity contribution in [2.24, 2.45) is 5.41 Å². The first kappa shape index (κ1) is 37.3. The van der Waals surface area contributed by atoms with Crippen LogP contribution in [0.2, 0.25) is 0 Å². The smallest absolute Gasteiger partial charge is 0.103 e. The molecule has 3 heterocycles. The van der Waals surface area contributed by atoms with Gasteiger partial charge in [-0.05, 0) is 78.4 Å². The predicted octanol–water partition coefficient (Wildman–Crippen LogP) is 12.3. The fraction of sp³-hybridized carbons (Fsp3) is 0.273. The number of aromatic nitrogens is 1. The van der Waals surface area contributed by atoms with Gasteiger partial charge in [0.2, 0.25) is 0 Å². The van der Waals surface area contributed by atoms with Gasteiger partial charge in [0.05, 0.1) is 0 Å². The molecule has 0 aliphatic carbocycles. The zero-order chi connectivity index (χ0) is 35.1. The maximum absolute atomic E-state index is 9.21. The van der Waals surface area contributed by atoms with Crippen LogP contribution in [0.15, 0.2) is 103 Å². The number of allylic oxidation sites excluding steroid dienone is 1. The Morgan fingerprint density at radius 2 is 1.56 bits per heavy atom. The molecular formula is C44H47IrN3OS-2. The zero-order valence-electron chi connectivity index (χ0n) is 30.6. The van der Waals surface area contributed by atoms with Gasteiger partial charge in [-0.2, -0.15) is 6.67 Å². The minimum Gasteiger partial charge on any atom is -0.511 e. The summed E-state index contributed by atoms with van der Waals surface area (Å²) in [5, 5.41) is 12.9. The van der Waals surface area contributed by atoms with Gasteiger partial charge in [0, 0.05) is 59.1 Å². The average molecular weight is 858 g/mol. The number of benzene rings is 4. The third-order valence-electron chi connectivity index (χ3n) is 8.81. The summed E-state index contributed by atoms with van der Waals surface area (Å²) in [6, 6.07) is 33.9. The summed E-state index contributed by atoms with van der Waals surface area (Å²) < 4.78 is 1.24. The van der Waals surface area contributed by atoms with Gasteiger partial charge < -0.3 is 14.9 Å². The van der Waals surface area contributed by atoms with Crippen LogP contribution < -0.4 is 9.80 Å². The molecule has 0 unspecified atom stereocenters. The second kappa shape index (κ2) is 14.7. The van der Waals surface area contributed by atoms with E-state index in [-0.39, 0.29) is 30.9 Å². The Kier molecular flexibility index (Phi) is 11.0. The van der Waals surface area contributed by atoms with Crippen molar-refractivity contribution in [3.8, 4) is 21.7 Å². The van der Waals surface area contributed by atoms with Gasteiger partial charge in [0.25, 0.3) is 0 Å². The van der Waals surface area contributed by atoms with Gasteiger partial charge >= 0.3 is 0 Å². The fourth-order valence-corrected chi connectivity index (χ4v) is 7.89. The Balaban J connectivity index is 0.000000271. The van der Waals surface area contributed by atoms with Crippen LogP contribution in [-0.4, -0.2) is 17.1 Å². The Morgan fingerprint density at radius 3 is 2.22 bits per heavy atom. The first-order chi connectivity index (χ1) is 23.2. The van der Waals surface area contributed by atoms with Crippen molar-refractivity contribution in [2.75, 3.05) is 16.8 Å². The third-order valence-corrected chi connectivity index (χ3v) is 10.2. The second-order valence-corrected chi connectivity index (χ2v) is 16.3. The molecule has 0 bridgehead atoms. The van der Waals surface area contributed by atoms with E-state index in [1.165, 1.54) is 42.6 Å². The molecule has 6 aromatic rings. The van der Waals surface area contributed by atoms with Crippen LogP contribution in [-0.2, 0) is 31.9 Å². The number of para-hydroxylation sites is 2. The van der Waals surface area contributed by atoms with E-state index in [0.717, 1.165) is 34.4 Å². The number of aliphatic hydroxyl groups is 1. The van der Waals surface area contributed by atoms with Crippen molar-refractivity contribution in [1.82, 2.24) is 4.98 Å². The van der Waals surface area contributed by atoms with E-state index in [1.807, 2.05) is 65.3 Å². The monoisotopic (exact) mass is 858 g/mol. The van der Waals surface area contributed by atoms with Crippen LogP contribution in [0.1, 0.15) is 65.2 Å². The van der Waals surface area contributed by atoms with Gasteiger partial charge in [-0.15, -0.1) is 40.5 Å². The number of rotatable bonds is 4. The number of anilines is 2. The van der Waals surface area contributed by atoms with E-state index in [0.29, 0.717) is 5.76 Å². The quantitative estimate of drug-likeness (QED) is 0.142. The van der Waals surface area contributed by atoms with Gasteiger partial charge in [-0.25, -0.2) is 0 Å². The molecule has 0 fully saturated rings. The molecule has 4 nitrogen and oxygen atoms in total. The van der Waals surface area contributed by atoms with Crippen LogP contribution in [0.3, 0.4) is 0 Å². The molecule has 7 rings (SSSR count). The molecule has 0 atom stereocenters. The number of aliphatic hydroxyl groups excluding tert-OH is 1.